The molecule has 32 heavy (non-hydrogen) atoms. The van der Waals surface area contributed by atoms with Gasteiger partial charge in [-0.05, 0) is 29.8 Å². The van der Waals surface area contributed by atoms with E-state index in [1.165, 1.54) is 0 Å². The molecule has 0 radical (unpaired) electrons. The van der Waals surface area contributed by atoms with Crippen LogP contribution in [0.1, 0.15) is 18.4 Å². The van der Waals surface area contributed by atoms with E-state index < -0.39 is 7.75 Å². The second kappa shape index (κ2) is 10.5. The van der Waals surface area contributed by atoms with Crippen molar-refractivity contribution >= 4 is 13.6 Å². The van der Waals surface area contributed by atoms with Crippen LogP contribution in [0, 0.1) is 0 Å². The summed E-state index contributed by atoms with van der Waals surface area (Å²) in [5.74, 6) is 1.42. The Hall–Kier alpha value is -3.08. The first-order valence-electron chi connectivity index (χ1n) is 10.7. The summed E-state index contributed by atoms with van der Waals surface area (Å²) in [6.07, 6.45) is 0. The van der Waals surface area contributed by atoms with Crippen LogP contribution in [0.5, 0.6) is 11.5 Å². The molecule has 0 amide bonds. The van der Waals surface area contributed by atoms with Gasteiger partial charge in [-0.3, -0.25) is 0 Å². The summed E-state index contributed by atoms with van der Waals surface area (Å²) in [5, 5.41) is 0. The van der Waals surface area contributed by atoms with Crippen LogP contribution in [0.2, 0.25) is 0 Å². The molecule has 1 saturated heterocycles. The van der Waals surface area contributed by atoms with Gasteiger partial charge in [-0.1, -0.05) is 73.7 Å². The van der Waals surface area contributed by atoms with Gasteiger partial charge < -0.3 is 18.7 Å². The van der Waals surface area contributed by atoms with Gasteiger partial charge in [0.05, 0.1) is 13.2 Å². The molecular formula is C25H27N2O4P. The molecule has 3 aromatic rings. The second-order valence-electron chi connectivity index (χ2n) is 7.47. The SMILES string of the molecule is CC(/C(=N/P(=O)(Oc1ccccc1)Oc1ccccc1)N1CCOCC1)c1ccccc1. The lowest BCUT2D eigenvalue weighted by Crippen LogP contribution is -2.42. The first kappa shape index (κ1) is 22.1. The van der Waals surface area contributed by atoms with Crippen LogP contribution < -0.4 is 9.05 Å². The number of hydrogen-bond acceptors (Lipinski definition) is 4. The monoisotopic (exact) mass is 450 g/mol. The Morgan fingerprint density at radius 1 is 0.844 bits per heavy atom. The molecule has 0 saturated carbocycles. The molecule has 0 aliphatic carbocycles. The third-order valence-electron chi connectivity index (χ3n) is 5.17. The Bertz CT molecular complexity index is 1010. The van der Waals surface area contributed by atoms with E-state index in [1.54, 1.807) is 24.3 Å². The van der Waals surface area contributed by atoms with Crippen LogP contribution in [-0.2, 0) is 9.30 Å². The van der Waals surface area contributed by atoms with E-state index in [4.69, 9.17) is 18.5 Å². The third kappa shape index (κ3) is 5.78. The summed E-state index contributed by atoms with van der Waals surface area (Å²) >= 11 is 0. The quantitative estimate of drug-likeness (QED) is 0.259. The largest absolute Gasteiger partial charge is 0.565 e. The second-order valence-corrected chi connectivity index (χ2v) is 8.97. The molecule has 1 fully saturated rings. The minimum Gasteiger partial charge on any atom is -0.399 e. The minimum absolute atomic E-state index is 0.110. The molecule has 1 heterocycles. The van der Waals surface area contributed by atoms with Crippen molar-refractivity contribution in [2.75, 3.05) is 26.3 Å². The summed E-state index contributed by atoms with van der Waals surface area (Å²) < 4.78 is 36.1. The summed E-state index contributed by atoms with van der Waals surface area (Å²) in [4.78, 5) is 2.11. The van der Waals surface area contributed by atoms with Crippen molar-refractivity contribution in [3.63, 3.8) is 0 Å². The zero-order chi connectivity index (χ0) is 22.2. The van der Waals surface area contributed by atoms with E-state index in [-0.39, 0.29) is 5.92 Å². The summed E-state index contributed by atoms with van der Waals surface area (Å²) in [5.41, 5.74) is 1.07. The molecule has 0 aromatic heterocycles. The number of nitrogens with zero attached hydrogens (tertiary/aromatic N) is 2. The smallest absolute Gasteiger partial charge is 0.399 e. The lowest BCUT2D eigenvalue weighted by atomic mass is 9.99. The minimum atomic E-state index is -3.95. The predicted octanol–water partition coefficient (Wildman–Crippen LogP) is 5.79. The van der Waals surface area contributed by atoms with Crippen molar-refractivity contribution in [2.45, 2.75) is 12.8 Å². The topological polar surface area (TPSA) is 60.4 Å². The summed E-state index contributed by atoms with van der Waals surface area (Å²) in [6, 6.07) is 28.0. The van der Waals surface area contributed by atoms with Gasteiger partial charge >= 0.3 is 7.75 Å². The molecule has 1 unspecified atom stereocenters. The van der Waals surface area contributed by atoms with E-state index in [2.05, 4.69) is 11.8 Å². The normalized spacial score (nSPS) is 15.8. The molecular weight excluding hydrogens is 423 g/mol. The molecule has 1 aliphatic heterocycles. The van der Waals surface area contributed by atoms with Gasteiger partial charge in [0, 0.05) is 19.0 Å². The van der Waals surface area contributed by atoms with Gasteiger partial charge in [0.1, 0.15) is 17.3 Å². The molecule has 0 spiro atoms. The fourth-order valence-electron chi connectivity index (χ4n) is 3.52. The number of hydrogen-bond donors (Lipinski definition) is 0. The highest BCUT2D eigenvalue weighted by Gasteiger charge is 2.33. The maximum atomic E-state index is 14.1. The molecule has 1 atom stereocenters. The van der Waals surface area contributed by atoms with Gasteiger partial charge in [-0.25, -0.2) is 4.57 Å². The van der Waals surface area contributed by atoms with E-state index in [9.17, 15) is 4.57 Å². The van der Waals surface area contributed by atoms with Crippen LogP contribution in [0.15, 0.2) is 95.8 Å². The Morgan fingerprint density at radius 3 is 1.81 bits per heavy atom. The molecule has 7 heteroatoms. The van der Waals surface area contributed by atoms with E-state index in [1.807, 2.05) is 66.7 Å². The maximum Gasteiger partial charge on any atom is 0.565 e. The average Bonchev–Trinajstić information content (AvgIpc) is 2.84. The van der Waals surface area contributed by atoms with Gasteiger partial charge in [0.15, 0.2) is 0 Å². The first-order chi connectivity index (χ1) is 15.6. The number of morpholine rings is 1. The lowest BCUT2D eigenvalue weighted by Gasteiger charge is -2.33. The highest BCUT2D eigenvalue weighted by atomic mass is 31.2. The Labute approximate surface area is 189 Å². The molecule has 0 N–H and O–H groups in total. The zero-order valence-corrected chi connectivity index (χ0v) is 18.9. The molecule has 3 aromatic carbocycles. The van der Waals surface area contributed by atoms with Crippen molar-refractivity contribution < 1.29 is 18.3 Å². The Kier molecular flexibility index (Phi) is 7.25. The fourth-order valence-corrected chi connectivity index (χ4v) is 4.97. The van der Waals surface area contributed by atoms with Crippen LogP contribution in [0.3, 0.4) is 0 Å². The van der Waals surface area contributed by atoms with Gasteiger partial charge in [-0.15, -0.1) is 4.76 Å². The molecule has 166 valence electrons. The Morgan fingerprint density at radius 2 is 1.31 bits per heavy atom. The van der Waals surface area contributed by atoms with Crippen molar-refractivity contribution in [1.82, 2.24) is 4.90 Å². The van der Waals surface area contributed by atoms with Crippen LogP contribution >= 0.6 is 7.75 Å². The molecule has 1 aliphatic rings. The van der Waals surface area contributed by atoms with E-state index >= 15 is 0 Å². The van der Waals surface area contributed by atoms with Crippen LogP contribution in [0.25, 0.3) is 0 Å². The number of rotatable bonds is 7. The number of para-hydroxylation sites is 2. The van der Waals surface area contributed by atoms with Crippen molar-refractivity contribution in [1.29, 1.82) is 0 Å². The van der Waals surface area contributed by atoms with E-state index in [0.717, 1.165) is 5.56 Å². The molecule has 0 bridgehead atoms. The highest BCUT2D eigenvalue weighted by molar-refractivity contribution is 7.53. The predicted molar refractivity (Wildman–Crippen MR) is 126 cm³/mol. The lowest BCUT2D eigenvalue weighted by molar-refractivity contribution is 0.0668. The zero-order valence-electron chi connectivity index (χ0n) is 18.0. The van der Waals surface area contributed by atoms with Gasteiger partial charge in [0.2, 0.25) is 0 Å². The van der Waals surface area contributed by atoms with Crippen LogP contribution in [-0.4, -0.2) is 37.0 Å². The maximum absolute atomic E-state index is 14.1. The fraction of sp³-hybridized carbons (Fsp3) is 0.240. The molecule has 6 nitrogen and oxygen atoms in total. The van der Waals surface area contributed by atoms with Crippen molar-refractivity contribution in [2.24, 2.45) is 4.76 Å². The van der Waals surface area contributed by atoms with Crippen molar-refractivity contribution in [3.05, 3.63) is 96.6 Å². The summed E-state index contributed by atoms with van der Waals surface area (Å²) in [6.45, 7) is 4.55. The van der Waals surface area contributed by atoms with E-state index in [0.29, 0.717) is 43.6 Å². The first-order valence-corrected chi connectivity index (χ1v) is 12.2. The van der Waals surface area contributed by atoms with Crippen LogP contribution in [0.4, 0.5) is 0 Å². The van der Waals surface area contributed by atoms with Gasteiger partial charge in [0.25, 0.3) is 0 Å². The number of benzene rings is 3. The standard InChI is InChI=1S/C25H27N2O4P/c1-21(22-11-5-2-6-12-22)25(27-17-19-29-20-18-27)26-32(28,30-23-13-7-3-8-14-23)31-24-15-9-4-10-16-24/h2-16,21H,17-20H2,1H3/b26-25-. The van der Waals surface area contributed by atoms with Crippen molar-refractivity contribution in [3.8, 4) is 11.5 Å². The summed E-state index contributed by atoms with van der Waals surface area (Å²) in [7, 11) is -3.95. The Balaban J connectivity index is 1.75. The average molecular weight is 450 g/mol. The molecule has 4 rings (SSSR count). The number of ether oxygens (including phenoxy) is 1. The third-order valence-corrected chi connectivity index (χ3v) is 6.51. The van der Waals surface area contributed by atoms with Gasteiger partial charge in [-0.2, -0.15) is 0 Å². The number of amidine groups is 1. The highest BCUT2D eigenvalue weighted by Crippen LogP contribution is 2.51.